The zero-order chi connectivity index (χ0) is 30.2. The maximum atomic E-state index is 13.6. The molecule has 1 amide bonds. The number of ketones is 1. The molecule has 1 aliphatic rings. The molecule has 4 rings (SSSR count). The SMILES string of the molecule is CCCCOc1ccc(C2C(C(=O)C=Cc3ccccc3)=C(O)C(=O)N2c2nc(C)c(C(=O)OCC)s2)cc1OCC. The summed E-state index contributed by atoms with van der Waals surface area (Å²) in [6.45, 7) is 8.30. The lowest BCUT2D eigenvalue weighted by atomic mass is 9.95. The summed E-state index contributed by atoms with van der Waals surface area (Å²) < 4.78 is 16.9. The van der Waals surface area contributed by atoms with Crippen molar-refractivity contribution in [2.75, 3.05) is 24.7 Å². The van der Waals surface area contributed by atoms with E-state index in [0.29, 0.717) is 36.0 Å². The summed E-state index contributed by atoms with van der Waals surface area (Å²) in [5, 5.41) is 11.2. The van der Waals surface area contributed by atoms with Gasteiger partial charge in [0, 0.05) is 0 Å². The number of benzene rings is 2. The molecule has 1 N–H and O–H groups in total. The third-order valence-electron chi connectivity index (χ3n) is 6.49. The summed E-state index contributed by atoms with van der Waals surface area (Å²) in [5.74, 6) is -1.62. The fourth-order valence-corrected chi connectivity index (χ4v) is 5.46. The van der Waals surface area contributed by atoms with Crippen molar-refractivity contribution in [2.45, 2.75) is 46.6 Å². The van der Waals surface area contributed by atoms with Crippen molar-refractivity contribution in [3.05, 3.63) is 87.6 Å². The van der Waals surface area contributed by atoms with Gasteiger partial charge in [0.05, 0.1) is 37.1 Å². The molecule has 9 nitrogen and oxygen atoms in total. The number of amides is 1. The molecule has 2 aromatic carbocycles. The van der Waals surface area contributed by atoms with E-state index in [2.05, 4.69) is 11.9 Å². The number of unbranched alkanes of at least 4 members (excludes halogenated alkanes) is 1. The Morgan fingerprint density at radius 2 is 1.81 bits per heavy atom. The minimum absolute atomic E-state index is 0.111. The third-order valence-corrected chi connectivity index (χ3v) is 7.63. The van der Waals surface area contributed by atoms with Crippen molar-refractivity contribution in [2.24, 2.45) is 0 Å². The van der Waals surface area contributed by atoms with Crippen LogP contribution in [0.25, 0.3) is 6.08 Å². The minimum Gasteiger partial charge on any atom is -0.503 e. The van der Waals surface area contributed by atoms with Crippen molar-refractivity contribution >= 4 is 40.2 Å². The molecule has 0 fully saturated rings. The molecule has 10 heteroatoms. The van der Waals surface area contributed by atoms with Crippen molar-refractivity contribution < 1.29 is 33.7 Å². The maximum absolute atomic E-state index is 13.6. The number of hydrogen-bond donors (Lipinski definition) is 1. The monoisotopic (exact) mass is 590 g/mol. The van der Waals surface area contributed by atoms with Crippen LogP contribution >= 0.6 is 11.3 Å². The van der Waals surface area contributed by atoms with E-state index in [1.54, 1.807) is 38.1 Å². The molecule has 0 saturated heterocycles. The van der Waals surface area contributed by atoms with Gasteiger partial charge in [0.15, 0.2) is 28.2 Å². The second-order valence-corrected chi connectivity index (χ2v) is 10.4. The highest BCUT2D eigenvalue weighted by Gasteiger charge is 2.45. The molecule has 0 aliphatic carbocycles. The molecule has 220 valence electrons. The van der Waals surface area contributed by atoms with Gasteiger partial charge in [-0.15, -0.1) is 0 Å². The van der Waals surface area contributed by atoms with Crippen LogP contribution in [0.2, 0.25) is 0 Å². The Morgan fingerprint density at radius 1 is 1.05 bits per heavy atom. The summed E-state index contributed by atoms with van der Waals surface area (Å²) in [7, 11) is 0. The Labute approximate surface area is 249 Å². The van der Waals surface area contributed by atoms with Gasteiger partial charge in [-0.3, -0.25) is 14.5 Å². The minimum atomic E-state index is -1.05. The third kappa shape index (κ3) is 6.54. The summed E-state index contributed by atoms with van der Waals surface area (Å²) in [6, 6.07) is 13.3. The van der Waals surface area contributed by atoms with Crippen LogP contribution in [0.3, 0.4) is 0 Å². The predicted octanol–water partition coefficient (Wildman–Crippen LogP) is 6.39. The first-order valence-electron chi connectivity index (χ1n) is 13.9. The van der Waals surface area contributed by atoms with E-state index in [-0.39, 0.29) is 22.2 Å². The van der Waals surface area contributed by atoms with E-state index >= 15 is 0 Å². The number of thiazole rings is 1. The molecular formula is C32H34N2O7S. The summed E-state index contributed by atoms with van der Waals surface area (Å²) >= 11 is 0.961. The highest BCUT2D eigenvalue weighted by atomic mass is 32.1. The van der Waals surface area contributed by atoms with Gasteiger partial charge in [-0.05, 0) is 56.5 Å². The first-order chi connectivity index (χ1) is 20.3. The van der Waals surface area contributed by atoms with Crippen LogP contribution in [0.5, 0.6) is 11.5 Å². The Balaban J connectivity index is 1.81. The van der Waals surface area contributed by atoms with Crippen LogP contribution in [0.15, 0.2) is 65.9 Å². The summed E-state index contributed by atoms with van der Waals surface area (Å²) in [5.41, 5.74) is 1.55. The van der Waals surface area contributed by atoms with E-state index in [0.717, 1.165) is 29.7 Å². The Bertz CT molecular complexity index is 1510. The number of hydrogen-bond acceptors (Lipinski definition) is 9. The second-order valence-electron chi connectivity index (χ2n) is 9.42. The zero-order valence-electron chi connectivity index (χ0n) is 24.1. The molecule has 0 bridgehead atoms. The normalized spacial score (nSPS) is 15.0. The van der Waals surface area contributed by atoms with Crippen molar-refractivity contribution in [3.8, 4) is 11.5 Å². The molecule has 3 aromatic rings. The Hall–Kier alpha value is -4.44. The first-order valence-corrected chi connectivity index (χ1v) is 14.7. The average Bonchev–Trinajstić information content (AvgIpc) is 3.49. The molecule has 1 aromatic heterocycles. The fourth-order valence-electron chi connectivity index (χ4n) is 4.48. The standard InChI is InChI=1S/C32H34N2O7S/c1-5-8-18-41-24-17-15-22(19-25(24)39-6-2)27-26(23(35)16-14-21-12-10-9-11-13-21)28(36)30(37)34(27)32-33-20(4)29(42-32)31(38)40-7-3/h9-17,19,27,36H,5-8,18H2,1-4H3. The van der Waals surface area contributed by atoms with Crippen molar-refractivity contribution in [3.63, 3.8) is 0 Å². The lowest BCUT2D eigenvalue weighted by Gasteiger charge is -2.25. The number of aryl methyl sites for hydroxylation is 1. The van der Waals surface area contributed by atoms with Gasteiger partial charge >= 0.3 is 5.97 Å². The van der Waals surface area contributed by atoms with Gasteiger partial charge in [0.1, 0.15) is 4.88 Å². The van der Waals surface area contributed by atoms with Crippen molar-refractivity contribution in [1.29, 1.82) is 0 Å². The van der Waals surface area contributed by atoms with Crippen LogP contribution in [0, 0.1) is 6.92 Å². The van der Waals surface area contributed by atoms with E-state index in [1.807, 2.05) is 37.3 Å². The lowest BCUT2D eigenvalue weighted by Crippen LogP contribution is -2.31. The topological polar surface area (TPSA) is 115 Å². The quantitative estimate of drug-likeness (QED) is 0.138. The van der Waals surface area contributed by atoms with Crippen molar-refractivity contribution in [1.82, 2.24) is 4.98 Å². The number of aliphatic hydroxyl groups is 1. The molecule has 2 heterocycles. The molecule has 1 aliphatic heterocycles. The fraction of sp³-hybridized carbons (Fsp3) is 0.312. The number of allylic oxidation sites excluding steroid dienone is 1. The van der Waals surface area contributed by atoms with Crippen LogP contribution < -0.4 is 14.4 Å². The van der Waals surface area contributed by atoms with E-state index < -0.39 is 29.5 Å². The van der Waals surface area contributed by atoms with Gasteiger partial charge in [-0.1, -0.05) is 67.2 Å². The van der Waals surface area contributed by atoms with Gasteiger partial charge in [-0.2, -0.15) is 0 Å². The largest absolute Gasteiger partial charge is 0.503 e. The van der Waals surface area contributed by atoms with Crippen LogP contribution in [0.4, 0.5) is 5.13 Å². The van der Waals surface area contributed by atoms with Gasteiger partial charge in [0.2, 0.25) is 0 Å². The number of aromatic nitrogens is 1. The van der Waals surface area contributed by atoms with Crippen LogP contribution in [-0.4, -0.2) is 47.6 Å². The maximum Gasteiger partial charge on any atom is 0.350 e. The number of anilines is 1. The second kappa shape index (κ2) is 14.0. The number of esters is 1. The Morgan fingerprint density at radius 3 is 2.50 bits per heavy atom. The summed E-state index contributed by atoms with van der Waals surface area (Å²) in [6.07, 6.45) is 4.78. The molecule has 42 heavy (non-hydrogen) atoms. The molecule has 0 radical (unpaired) electrons. The van der Waals surface area contributed by atoms with E-state index in [9.17, 15) is 19.5 Å². The van der Waals surface area contributed by atoms with E-state index in [4.69, 9.17) is 14.2 Å². The molecule has 1 atom stereocenters. The molecule has 0 saturated carbocycles. The average molecular weight is 591 g/mol. The van der Waals surface area contributed by atoms with Gasteiger partial charge in [-0.25, -0.2) is 9.78 Å². The number of ether oxygens (including phenoxy) is 3. The molecule has 0 spiro atoms. The highest BCUT2D eigenvalue weighted by molar-refractivity contribution is 7.17. The number of carbonyl (C=O) groups is 3. The van der Waals surface area contributed by atoms with Gasteiger partial charge < -0.3 is 19.3 Å². The smallest absolute Gasteiger partial charge is 0.350 e. The molecule has 1 unspecified atom stereocenters. The lowest BCUT2D eigenvalue weighted by molar-refractivity contribution is -0.117. The van der Waals surface area contributed by atoms with Crippen LogP contribution in [-0.2, 0) is 14.3 Å². The first kappa shape index (κ1) is 30.5. The number of nitrogens with zero attached hydrogens (tertiary/aromatic N) is 2. The van der Waals surface area contributed by atoms with E-state index in [1.165, 1.54) is 11.0 Å². The number of rotatable bonds is 13. The van der Waals surface area contributed by atoms with Gasteiger partial charge in [0.25, 0.3) is 5.91 Å². The number of aliphatic hydroxyl groups excluding tert-OH is 1. The Kier molecular flexibility index (Phi) is 10.1. The predicted molar refractivity (Wildman–Crippen MR) is 161 cm³/mol. The zero-order valence-corrected chi connectivity index (χ0v) is 24.9. The number of carbonyl (C=O) groups excluding carboxylic acids is 3. The summed E-state index contributed by atoms with van der Waals surface area (Å²) in [4.78, 5) is 45.7. The molecular weight excluding hydrogens is 556 g/mol. The highest BCUT2D eigenvalue weighted by Crippen LogP contribution is 2.45. The van der Waals surface area contributed by atoms with Crippen LogP contribution in [0.1, 0.15) is 66.1 Å².